The maximum absolute atomic E-state index is 13.9. The first-order valence-corrected chi connectivity index (χ1v) is 10.9. The first-order valence-electron chi connectivity index (χ1n) is 10.9. The Bertz CT molecular complexity index is 1080. The molecule has 1 amide bonds. The SMILES string of the molecule is C=CC(=O)N1CCN(c2ncnc3c2CC(C)C(c2nc(N)cc(C)c2C(F)(F)F)C3)CC1. The van der Waals surface area contributed by atoms with E-state index in [0.29, 0.717) is 39.0 Å². The second kappa shape index (κ2) is 8.64. The summed E-state index contributed by atoms with van der Waals surface area (Å²) in [5.41, 5.74) is 6.91. The standard InChI is InChI=1S/C23H27F3N6O/c1-4-19(33)31-5-7-32(8-6-31)22-16-9-13(2)15(11-17(16)28-12-29-22)21-20(23(24,25)26)14(3)10-18(27)30-21/h4,10,12-13,15H,1,5-9,11H2,2-3H3,(H2,27,30). The molecule has 0 radical (unpaired) electrons. The highest BCUT2D eigenvalue weighted by Crippen LogP contribution is 2.44. The van der Waals surface area contributed by atoms with Crippen molar-refractivity contribution < 1.29 is 18.0 Å². The number of nitrogens with two attached hydrogens (primary N) is 1. The fraction of sp³-hybridized carbons (Fsp3) is 0.478. The summed E-state index contributed by atoms with van der Waals surface area (Å²) < 4.78 is 41.7. The monoisotopic (exact) mass is 460 g/mol. The van der Waals surface area contributed by atoms with Crippen molar-refractivity contribution in [3.8, 4) is 0 Å². The highest BCUT2D eigenvalue weighted by atomic mass is 19.4. The molecule has 2 atom stereocenters. The lowest BCUT2D eigenvalue weighted by atomic mass is 9.75. The van der Waals surface area contributed by atoms with Crippen LogP contribution in [-0.4, -0.2) is 51.9 Å². The number of hydrogen-bond acceptors (Lipinski definition) is 6. The minimum atomic E-state index is -4.51. The molecule has 3 heterocycles. The minimum Gasteiger partial charge on any atom is -0.384 e. The van der Waals surface area contributed by atoms with Crippen molar-refractivity contribution in [1.29, 1.82) is 0 Å². The summed E-state index contributed by atoms with van der Waals surface area (Å²) in [7, 11) is 0. The Labute approximate surface area is 190 Å². The number of alkyl halides is 3. The topological polar surface area (TPSA) is 88.2 Å². The van der Waals surface area contributed by atoms with Crippen LogP contribution in [0.15, 0.2) is 25.0 Å². The van der Waals surface area contributed by atoms with E-state index in [9.17, 15) is 18.0 Å². The molecule has 2 aliphatic rings. The second-order valence-corrected chi connectivity index (χ2v) is 8.75. The molecule has 7 nitrogen and oxygen atoms in total. The largest absolute Gasteiger partial charge is 0.418 e. The first kappa shape index (κ1) is 23.0. The average Bonchev–Trinajstić information content (AvgIpc) is 2.76. The van der Waals surface area contributed by atoms with Gasteiger partial charge in [0.05, 0.1) is 11.3 Å². The molecule has 1 saturated heterocycles. The van der Waals surface area contributed by atoms with Crippen molar-refractivity contribution in [2.24, 2.45) is 5.92 Å². The number of nitrogens with zero attached hydrogens (tertiary/aromatic N) is 5. The van der Waals surface area contributed by atoms with Crippen molar-refractivity contribution >= 4 is 17.5 Å². The van der Waals surface area contributed by atoms with Gasteiger partial charge in [0.15, 0.2) is 0 Å². The van der Waals surface area contributed by atoms with Crippen LogP contribution in [0, 0.1) is 12.8 Å². The lowest BCUT2D eigenvalue weighted by molar-refractivity contribution is -0.139. The Balaban J connectivity index is 1.65. The van der Waals surface area contributed by atoms with Crippen LogP contribution in [0.25, 0.3) is 0 Å². The molecule has 1 aliphatic heterocycles. The van der Waals surface area contributed by atoms with E-state index in [1.807, 2.05) is 6.92 Å². The Hall–Kier alpha value is -3.17. The fourth-order valence-corrected chi connectivity index (χ4v) is 4.96. The molecule has 2 aromatic rings. The minimum absolute atomic E-state index is 0.00476. The van der Waals surface area contributed by atoms with Crippen LogP contribution in [0.5, 0.6) is 0 Å². The molecule has 2 unspecified atom stereocenters. The zero-order valence-corrected chi connectivity index (χ0v) is 18.7. The number of piperazine rings is 1. The number of fused-ring (bicyclic) bond motifs is 1. The summed E-state index contributed by atoms with van der Waals surface area (Å²) in [6.45, 7) is 9.25. The molecular weight excluding hydrogens is 433 g/mol. The molecule has 0 saturated carbocycles. The number of amides is 1. The van der Waals surface area contributed by atoms with E-state index in [1.165, 1.54) is 25.4 Å². The highest BCUT2D eigenvalue weighted by Gasteiger charge is 2.41. The zero-order chi connectivity index (χ0) is 23.9. The molecule has 33 heavy (non-hydrogen) atoms. The third kappa shape index (κ3) is 4.38. The third-order valence-electron chi connectivity index (χ3n) is 6.60. The third-order valence-corrected chi connectivity index (χ3v) is 6.60. The van der Waals surface area contributed by atoms with Gasteiger partial charge in [-0.25, -0.2) is 15.0 Å². The normalized spacial score (nSPS) is 21.0. The van der Waals surface area contributed by atoms with Gasteiger partial charge < -0.3 is 15.5 Å². The number of carbonyl (C=O) groups excluding carboxylic acids is 1. The van der Waals surface area contributed by atoms with E-state index in [2.05, 4.69) is 26.4 Å². The summed E-state index contributed by atoms with van der Waals surface area (Å²) in [6.07, 6.45) is -0.870. The molecular formula is C23H27F3N6O. The molecule has 10 heteroatoms. The summed E-state index contributed by atoms with van der Waals surface area (Å²) in [4.78, 5) is 28.8. The fourth-order valence-electron chi connectivity index (χ4n) is 4.96. The maximum atomic E-state index is 13.9. The molecule has 1 fully saturated rings. The summed E-state index contributed by atoms with van der Waals surface area (Å²) in [6, 6.07) is 1.27. The van der Waals surface area contributed by atoms with Crippen LogP contribution in [-0.2, 0) is 23.8 Å². The number of nitrogen functional groups attached to an aromatic ring is 1. The van der Waals surface area contributed by atoms with Crippen LogP contribution >= 0.6 is 0 Å². The predicted molar refractivity (Wildman–Crippen MR) is 119 cm³/mol. The van der Waals surface area contributed by atoms with Crippen molar-refractivity contribution in [3.05, 3.63) is 53.1 Å². The van der Waals surface area contributed by atoms with E-state index < -0.39 is 17.7 Å². The first-order chi connectivity index (χ1) is 15.6. The van der Waals surface area contributed by atoms with Gasteiger partial charge in [0.1, 0.15) is 18.0 Å². The molecule has 0 spiro atoms. The Morgan fingerprint density at radius 1 is 1.21 bits per heavy atom. The van der Waals surface area contributed by atoms with E-state index in [1.54, 1.807) is 4.90 Å². The summed E-state index contributed by atoms with van der Waals surface area (Å²) in [5, 5.41) is 0. The highest BCUT2D eigenvalue weighted by molar-refractivity contribution is 5.87. The lowest BCUT2D eigenvalue weighted by Gasteiger charge is -2.38. The van der Waals surface area contributed by atoms with Gasteiger partial charge in [-0.1, -0.05) is 13.5 Å². The van der Waals surface area contributed by atoms with Gasteiger partial charge in [-0.2, -0.15) is 13.2 Å². The van der Waals surface area contributed by atoms with Crippen LogP contribution in [0.4, 0.5) is 24.8 Å². The number of carbonyl (C=O) groups is 1. The second-order valence-electron chi connectivity index (χ2n) is 8.75. The van der Waals surface area contributed by atoms with E-state index >= 15 is 0 Å². The smallest absolute Gasteiger partial charge is 0.384 e. The van der Waals surface area contributed by atoms with Gasteiger partial charge >= 0.3 is 6.18 Å². The van der Waals surface area contributed by atoms with Gasteiger partial charge in [0.2, 0.25) is 5.91 Å². The molecule has 176 valence electrons. The van der Waals surface area contributed by atoms with Crippen LogP contribution in [0.3, 0.4) is 0 Å². The number of aryl methyl sites for hydroxylation is 1. The molecule has 2 N–H and O–H groups in total. The number of aromatic nitrogens is 3. The lowest BCUT2D eigenvalue weighted by Crippen LogP contribution is -2.49. The molecule has 0 aromatic carbocycles. The van der Waals surface area contributed by atoms with E-state index in [4.69, 9.17) is 5.73 Å². The Morgan fingerprint density at radius 3 is 2.55 bits per heavy atom. The van der Waals surface area contributed by atoms with Crippen LogP contribution in [0.1, 0.15) is 40.9 Å². The quantitative estimate of drug-likeness (QED) is 0.708. The zero-order valence-electron chi connectivity index (χ0n) is 18.7. The van der Waals surface area contributed by atoms with Crippen LogP contribution in [0.2, 0.25) is 0 Å². The number of rotatable bonds is 3. The number of pyridine rings is 1. The van der Waals surface area contributed by atoms with Gasteiger partial charge in [0, 0.05) is 43.4 Å². The number of hydrogen-bond donors (Lipinski definition) is 1. The molecule has 1 aliphatic carbocycles. The van der Waals surface area contributed by atoms with Crippen molar-refractivity contribution in [3.63, 3.8) is 0 Å². The maximum Gasteiger partial charge on any atom is 0.418 e. The van der Waals surface area contributed by atoms with E-state index in [0.717, 1.165) is 17.1 Å². The Morgan fingerprint density at radius 2 is 1.91 bits per heavy atom. The van der Waals surface area contributed by atoms with Gasteiger partial charge in [-0.15, -0.1) is 0 Å². The molecule has 4 rings (SSSR count). The summed E-state index contributed by atoms with van der Waals surface area (Å²) in [5.74, 6) is 0.218. The van der Waals surface area contributed by atoms with Gasteiger partial charge in [0.25, 0.3) is 0 Å². The summed E-state index contributed by atoms with van der Waals surface area (Å²) >= 11 is 0. The van der Waals surface area contributed by atoms with E-state index in [-0.39, 0.29) is 28.9 Å². The Kier molecular flexibility index (Phi) is 6.02. The van der Waals surface area contributed by atoms with Crippen molar-refractivity contribution in [2.75, 3.05) is 36.8 Å². The average molecular weight is 461 g/mol. The number of halogens is 3. The molecule has 2 aromatic heterocycles. The van der Waals surface area contributed by atoms with Crippen molar-refractivity contribution in [1.82, 2.24) is 19.9 Å². The van der Waals surface area contributed by atoms with Crippen molar-refractivity contribution in [2.45, 2.75) is 38.8 Å². The number of anilines is 2. The predicted octanol–water partition coefficient (Wildman–Crippen LogP) is 3.13. The van der Waals surface area contributed by atoms with Gasteiger partial charge in [-0.3, -0.25) is 4.79 Å². The van der Waals surface area contributed by atoms with Gasteiger partial charge in [-0.05, 0) is 43.4 Å². The molecule has 0 bridgehead atoms. The van der Waals surface area contributed by atoms with Crippen LogP contribution < -0.4 is 10.6 Å².